The molecule has 0 aromatic heterocycles. The number of non-ortho nitro benzene ring substituents is 1. The zero-order valence-corrected chi connectivity index (χ0v) is 14.3. The van der Waals surface area contributed by atoms with Crippen LogP contribution >= 0.6 is 0 Å². The van der Waals surface area contributed by atoms with E-state index < -0.39 is 15.1 Å². The molecule has 9 heteroatoms. The number of nitrogens with zero attached hydrogens (tertiary/aromatic N) is 4. The van der Waals surface area contributed by atoms with Crippen molar-refractivity contribution >= 4 is 21.6 Å². The lowest BCUT2D eigenvalue weighted by atomic mass is 10.2. The first-order valence-electron chi connectivity index (χ1n) is 8.23. The number of hydrogen-bond donors (Lipinski definition) is 0. The maximum absolute atomic E-state index is 12.7. The van der Waals surface area contributed by atoms with Gasteiger partial charge in [0.2, 0.25) is 0 Å². The Balaban J connectivity index is 1.61. The Morgan fingerprint density at radius 2 is 1.38 bits per heavy atom. The number of piperazine rings is 1. The molecule has 0 N–H and O–H groups in total. The average molecular weight is 354 g/mol. The summed E-state index contributed by atoms with van der Waals surface area (Å²) in [6, 6.07) is 6.39. The van der Waals surface area contributed by atoms with Gasteiger partial charge in [0.15, 0.2) is 0 Å². The van der Waals surface area contributed by atoms with E-state index in [4.69, 9.17) is 0 Å². The lowest BCUT2D eigenvalue weighted by molar-refractivity contribution is -0.384. The Morgan fingerprint density at radius 1 is 0.833 bits per heavy atom. The van der Waals surface area contributed by atoms with E-state index in [2.05, 4.69) is 4.90 Å². The third-order valence-electron chi connectivity index (χ3n) is 4.63. The van der Waals surface area contributed by atoms with Crippen LogP contribution in [0.4, 0.5) is 11.4 Å². The SMILES string of the molecule is O=[N+]([O-])c1ccc(N2CCN(S(=O)(=O)N3CCCCC3)CC2)cc1. The summed E-state index contributed by atoms with van der Waals surface area (Å²) in [7, 11) is -3.36. The van der Waals surface area contributed by atoms with Crippen molar-refractivity contribution in [1.82, 2.24) is 8.61 Å². The second-order valence-electron chi connectivity index (χ2n) is 6.13. The minimum atomic E-state index is -3.36. The molecule has 24 heavy (non-hydrogen) atoms. The van der Waals surface area contributed by atoms with Gasteiger partial charge < -0.3 is 4.90 Å². The summed E-state index contributed by atoms with van der Waals surface area (Å²) in [6.07, 6.45) is 2.96. The van der Waals surface area contributed by atoms with Gasteiger partial charge >= 0.3 is 0 Å². The topological polar surface area (TPSA) is 87.0 Å². The van der Waals surface area contributed by atoms with Crippen LogP contribution in [-0.4, -0.2) is 61.2 Å². The van der Waals surface area contributed by atoms with Crippen LogP contribution in [-0.2, 0) is 10.2 Å². The van der Waals surface area contributed by atoms with Gasteiger partial charge in [-0.05, 0) is 25.0 Å². The van der Waals surface area contributed by atoms with Crippen molar-refractivity contribution in [3.8, 4) is 0 Å². The molecule has 132 valence electrons. The first-order valence-corrected chi connectivity index (χ1v) is 9.63. The van der Waals surface area contributed by atoms with Gasteiger partial charge in [-0.15, -0.1) is 0 Å². The smallest absolute Gasteiger partial charge is 0.282 e. The Morgan fingerprint density at radius 3 is 1.92 bits per heavy atom. The molecular formula is C15H22N4O4S. The van der Waals surface area contributed by atoms with Crippen LogP contribution in [0.5, 0.6) is 0 Å². The second kappa shape index (κ2) is 7.04. The summed E-state index contributed by atoms with van der Waals surface area (Å²) in [5.41, 5.74) is 0.945. The molecule has 0 saturated carbocycles. The normalized spacial score (nSPS) is 20.9. The van der Waals surface area contributed by atoms with Crippen LogP contribution in [0.25, 0.3) is 0 Å². The van der Waals surface area contributed by atoms with Gasteiger partial charge in [-0.25, -0.2) is 0 Å². The molecule has 8 nitrogen and oxygen atoms in total. The van der Waals surface area contributed by atoms with Gasteiger partial charge in [-0.1, -0.05) is 6.42 Å². The van der Waals surface area contributed by atoms with Crippen LogP contribution in [0.1, 0.15) is 19.3 Å². The Labute approximate surface area is 142 Å². The molecule has 0 aliphatic carbocycles. The van der Waals surface area contributed by atoms with Crippen molar-refractivity contribution in [1.29, 1.82) is 0 Å². The van der Waals surface area contributed by atoms with Crippen molar-refractivity contribution in [3.63, 3.8) is 0 Å². The van der Waals surface area contributed by atoms with Crippen molar-refractivity contribution in [3.05, 3.63) is 34.4 Å². The standard InChI is InChI=1S/C15H22N4O4S/c20-19(21)15-6-4-14(5-7-15)16-10-12-18(13-11-16)24(22,23)17-8-2-1-3-9-17/h4-7H,1-3,8-13H2. The summed E-state index contributed by atoms with van der Waals surface area (Å²) in [5.74, 6) is 0. The van der Waals surface area contributed by atoms with E-state index in [-0.39, 0.29) is 5.69 Å². The maximum Gasteiger partial charge on any atom is 0.282 e. The van der Waals surface area contributed by atoms with E-state index in [9.17, 15) is 18.5 Å². The molecule has 2 aliphatic rings. The maximum atomic E-state index is 12.7. The van der Waals surface area contributed by atoms with Crippen LogP contribution in [0.15, 0.2) is 24.3 Å². The minimum absolute atomic E-state index is 0.0602. The Bertz CT molecular complexity index is 678. The second-order valence-corrected chi connectivity index (χ2v) is 8.06. The largest absolute Gasteiger partial charge is 0.369 e. The molecule has 0 unspecified atom stereocenters. The van der Waals surface area contributed by atoms with Crippen molar-refractivity contribution in [2.45, 2.75) is 19.3 Å². The van der Waals surface area contributed by atoms with E-state index in [1.54, 1.807) is 20.7 Å². The van der Waals surface area contributed by atoms with Gasteiger partial charge in [0.1, 0.15) is 0 Å². The molecule has 2 heterocycles. The quantitative estimate of drug-likeness (QED) is 0.603. The fourth-order valence-electron chi connectivity index (χ4n) is 3.22. The summed E-state index contributed by atoms with van der Waals surface area (Å²) in [5, 5.41) is 10.7. The van der Waals surface area contributed by atoms with Crippen LogP contribution in [0, 0.1) is 10.1 Å². The molecule has 0 amide bonds. The van der Waals surface area contributed by atoms with Gasteiger partial charge in [0.05, 0.1) is 4.92 Å². The Hall–Kier alpha value is -1.71. The molecule has 1 aromatic carbocycles. The van der Waals surface area contributed by atoms with E-state index >= 15 is 0 Å². The van der Waals surface area contributed by atoms with Gasteiger partial charge in [0, 0.05) is 57.1 Å². The number of piperidine rings is 1. The molecule has 3 rings (SSSR count). The lowest BCUT2D eigenvalue weighted by Crippen LogP contribution is -2.53. The number of benzene rings is 1. The van der Waals surface area contributed by atoms with Crippen molar-refractivity contribution in [2.75, 3.05) is 44.2 Å². The lowest BCUT2D eigenvalue weighted by Gasteiger charge is -2.38. The Kier molecular flexibility index (Phi) is 5.02. The molecule has 0 spiro atoms. The minimum Gasteiger partial charge on any atom is -0.369 e. The van der Waals surface area contributed by atoms with Crippen LogP contribution in [0.2, 0.25) is 0 Å². The van der Waals surface area contributed by atoms with E-state index in [0.29, 0.717) is 39.3 Å². The molecule has 2 saturated heterocycles. The summed E-state index contributed by atoms with van der Waals surface area (Å²) in [4.78, 5) is 12.3. The number of hydrogen-bond acceptors (Lipinski definition) is 5. The van der Waals surface area contributed by atoms with E-state index in [1.165, 1.54) is 12.1 Å². The highest BCUT2D eigenvalue weighted by Crippen LogP contribution is 2.23. The first kappa shape index (κ1) is 17.1. The highest BCUT2D eigenvalue weighted by atomic mass is 32.2. The summed E-state index contributed by atoms with van der Waals surface area (Å²) >= 11 is 0. The number of nitro benzene ring substituents is 1. The summed E-state index contributed by atoms with van der Waals surface area (Å²) in [6.45, 7) is 3.29. The highest BCUT2D eigenvalue weighted by molar-refractivity contribution is 7.86. The number of nitro groups is 1. The zero-order chi connectivity index (χ0) is 17.2. The molecule has 0 bridgehead atoms. The monoisotopic (exact) mass is 354 g/mol. The molecule has 0 radical (unpaired) electrons. The molecule has 2 fully saturated rings. The fourth-order valence-corrected chi connectivity index (χ4v) is 4.89. The predicted octanol–water partition coefficient (Wildman–Crippen LogP) is 1.45. The van der Waals surface area contributed by atoms with Crippen LogP contribution < -0.4 is 4.90 Å². The van der Waals surface area contributed by atoms with Gasteiger partial charge in [-0.2, -0.15) is 17.0 Å². The average Bonchev–Trinajstić information content (AvgIpc) is 2.62. The molecule has 0 atom stereocenters. The van der Waals surface area contributed by atoms with Crippen molar-refractivity contribution < 1.29 is 13.3 Å². The third-order valence-corrected chi connectivity index (χ3v) is 6.67. The van der Waals surface area contributed by atoms with Crippen molar-refractivity contribution in [2.24, 2.45) is 0 Å². The molecule has 1 aromatic rings. The zero-order valence-electron chi connectivity index (χ0n) is 13.5. The van der Waals surface area contributed by atoms with E-state index in [0.717, 1.165) is 24.9 Å². The molecular weight excluding hydrogens is 332 g/mol. The fraction of sp³-hybridized carbons (Fsp3) is 0.600. The number of anilines is 1. The predicted molar refractivity (Wildman–Crippen MR) is 91.2 cm³/mol. The van der Waals surface area contributed by atoms with Gasteiger partial charge in [0.25, 0.3) is 15.9 Å². The first-order chi connectivity index (χ1) is 11.5. The number of rotatable bonds is 4. The molecule has 2 aliphatic heterocycles. The summed E-state index contributed by atoms with van der Waals surface area (Å²) < 4.78 is 28.5. The van der Waals surface area contributed by atoms with Crippen LogP contribution in [0.3, 0.4) is 0 Å². The third kappa shape index (κ3) is 3.52. The highest BCUT2D eigenvalue weighted by Gasteiger charge is 2.33. The van der Waals surface area contributed by atoms with E-state index in [1.807, 2.05) is 0 Å². The van der Waals surface area contributed by atoms with Gasteiger partial charge in [-0.3, -0.25) is 10.1 Å².